The summed E-state index contributed by atoms with van der Waals surface area (Å²) < 4.78 is 0. The first kappa shape index (κ1) is 10.3. The molecule has 2 N–H and O–H groups in total. The highest BCUT2D eigenvalue weighted by Gasteiger charge is 2.40. The van der Waals surface area contributed by atoms with Crippen molar-refractivity contribution in [3.8, 4) is 0 Å². The summed E-state index contributed by atoms with van der Waals surface area (Å²) in [7, 11) is 0. The molecular weight excluding hydrogens is 196 g/mol. The fourth-order valence-corrected chi connectivity index (χ4v) is 3.24. The molecule has 2 heteroatoms. The number of aromatic nitrogens is 1. The van der Waals surface area contributed by atoms with Gasteiger partial charge in [-0.3, -0.25) is 4.98 Å². The number of rotatable bonds is 2. The second kappa shape index (κ2) is 3.85. The van der Waals surface area contributed by atoms with Gasteiger partial charge in [0.05, 0.1) is 0 Å². The van der Waals surface area contributed by atoms with Crippen molar-refractivity contribution in [2.45, 2.75) is 44.1 Å². The third kappa shape index (κ3) is 1.86. The minimum atomic E-state index is -0.0975. The van der Waals surface area contributed by atoms with Gasteiger partial charge in [0.2, 0.25) is 0 Å². The van der Waals surface area contributed by atoms with Gasteiger partial charge >= 0.3 is 0 Å². The van der Waals surface area contributed by atoms with E-state index in [1.165, 1.54) is 37.7 Å². The molecule has 1 heterocycles. The Morgan fingerprint density at radius 3 is 2.81 bits per heavy atom. The Morgan fingerprint density at radius 1 is 1.25 bits per heavy atom. The summed E-state index contributed by atoms with van der Waals surface area (Å²) in [6.07, 6.45) is 11.6. The molecule has 2 aliphatic rings. The van der Waals surface area contributed by atoms with Crippen LogP contribution in [-0.2, 0) is 5.54 Å². The van der Waals surface area contributed by atoms with Crippen molar-refractivity contribution in [1.29, 1.82) is 0 Å². The molecule has 2 unspecified atom stereocenters. The van der Waals surface area contributed by atoms with E-state index in [1.807, 2.05) is 18.5 Å². The molecule has 0 saturated heterocycles. The molecule has 0 spiro atoms. The average Bonchev–Trinajstić information content (AvgIpc) is 3.14. The molecule has 0 radical (unpaired) electrons. The second-order valence-corrected chi connectivity index (χ2v) is 5.59. The average molecular weight is 216 g/mol. The van der Waals surface area contributed by atoms with Crippen LogP contribution in [0.2, 0.25) is 0 Å². The molecule has 2 saturated carbocycles. The summed E-state index contributed by atoms with van der Waals surface area (Å²) in [5.41, 5.74) is 7.74. The van der Waals surface area contributed by atoms with Crippen LogP contribution in [-0.4, -0.2) is 4.98 Å². The Kier molecular flexibility index (Phi) is 2.47. The zero-order chi connectivity index (χ0) is 11.0. The fourth-order valence-electron chi connectivity index (χ4n) is 3.24. The van der Waals surface area contributed by atoms with Crippen LogP contribution in [0.4, 0.5) is 0 Å². The SMILES string of the molecule is NC1(c2cccnc2)CCCC(C2CC2)C1. The van der Waals surface area contributed by atoms with E-state index >= 15 is 0 Å². The van der Waals surface area contributed by atoms with Gasteiger partial charge in [-0.05, 0) is 49.1 Å². The summed E-state index contributed by atoms with van der Waals surface area (Å²) in [6.45, 7) is 0. The van der Waals surface area contributed by atoms with E-state index in [0.717, 1.165) is 18.3 Å². The van der Waals surface area contributed by atoms with Crippen LogP contribution in [0.5, 0.6) is 0 Å². The van der Waals surface area contributed by atoms with Gasteiger partial charge < -0.3 is 5.73 Å². The lowest BCUT2D eigenvalue weighted by Gasteiger charge is -2.38. The first-order valence-electron chi connectivity index (χ1n) is 6.47. The number of nitrogens with two attached hydrogens (primary N) is 1. The van der Waals surface area contributed by atoms with Gasteiger partial charge in [-0.15, -0.1) is 0 Å². The first-order chi connectivity index (χ1) is 7.78. The van der Waals surface area contributed by atoms with Crippen LogP contribution in [0.25, 0.3) is 0 Å². The molecule has 86 valence electrons. The van der Waals surface area contributed by atoms with Crippen molar-refractivity contribution in [2.24, 2.45) is 17.6 Å². The fraction of sp³-hybridized carbons (Fsp3) is 0.643. The van der Waals surface area contributed by atoms with E-state index in [9.17, 15) is 0 Å². The summed E-state index contributed by atoms with van der Waals surface area (Å²) >= 11 is 0. The lowest BCUT2D eigenvalue weighted by Crippen LogP contribution is -2.42. The Labute approximate surface area is 97.3 Å². The van der Waals surface area contributed by atoms with Gasteiger partial charge in [0.15, 0.2) is 0 Å². The molecule has 2 aliphatic carbocycles. The number of hydrogen-bond donors (Lipinski definition) is 1. The molecule has 16 heavy (non-hydrogen) atoms. The maximum atomic E-state index is 6.60. The molecule has 2 nitrogen and oxygen atoms in total. The normalized spacial score (nSPS) is 34.9. The molecule has 0 amide bonds. The standard InChI is InChI=1S/C14H20N2/c15-14(13-4-2-8-16-10-13)7-1-3-12(9-14)11-5-6-11/h2,4,8,10-12H,1,3,5-7,9,15H2. The van der Waals surface area contributed by atoms with Gasteiger partial charge in [0.25, 0.3) is 0 Å². The van der Waals surface area contributed by atoms with Crippen LogP contribution in [0.15, 0.2) is 24.5 Å². The van der Waals surface area contributed by atoms with Gasteiger partial charge in [-0.2, -0.15) is 0 Å². The van der Waals surface area contributed by atoms with Crippen molar-refractivity contribution in [3.63, 3.8) is 0 Å². The predicted octanol–water partition coefficient (Wildman–Crippen LogP) is 2.84. The number of pyridine rings is 1. The molecule has 0 bridgehead atoms. The summed E-state index contributed by atoms with van der Waals surface area (Å²) in [4.78, 5) is 4.21. The third-order valence-corrected chi connectivity index (χ3v) is 4.35. The monoisotopic (exact) mass is 216 g/mol. The van der Waals surface area contributed by atoms with Gasteiger partial charge in [-0.25, -0.2) is 0 Å². The number of hydrogen-bond acceptors (Lipinski definition) is 2. The van der Waals surface area contributed by atoms with Crippen LogP contribution in [0.1, 0.15) is 44.1 Å². The Morgan fingerprint density at radius 2 is 2.12 bits per heavy atom. The lowest BCUT2D eigenvalue weighted by atomic mass is 9.71. The topological polar surface area (TPSA) is 38.9 Å². The molecular formula is C14H20N2. The van der Waals surface area contributed by atoms with E-state index in [0.29, 0.717) is 0 Å². The van der Waals surface area contributed by atoms with Crippen molar-refractivity contribution in [2.75, 3.05) is 0 Å². The molecule has 1 aromatic rings. The lowest BCUT2D eigenvalue weighted by molar-refractivity contribution is 0.206. The summed E-state index contributed by atoms with van der Waals surface area (Å²) in [6, 6.07) is 4.15. The first-order valence-corrected chi connectivity index (χ1v) is 6.47. The van der Waals surface area contributed by atoms with E-state index < -0.39 is 0 Å². The maximum absolute atomic E-state index is 6.60. The zero-order valence-electron chi connectivity index (χ0n) is 9.73. The molecule has 0 aromatic carbocycles. The minimum Gasteiger partial charge on any atom is -0.321 e. The highest BCUT2D eigenvalue weighted by Crippen LogP contribution is 2.48. The van der Waals surface area contributed by atoms with Crippen molar-refractivity contribution in [3.05, 3.63) is 30.1 Å². The minimum absolute atomic E-state index is 0.0975. The van der Waals surface area contributed by atoms with Crippen LogP contribution >= 0.6 is 0 Å². The molecule has 0 aliphatic heterocycles. The van der Waals surface area contributed by atoms with Crippen LogP contribution in [0, 0.1) is 11.8 Å². The maximum Gasteiger partial charge on any atom is 0.0427 e. The zero-order valence-corrected chi connectivity index (χ0v) is 9.73. The third-order valence-electron chi connectivity index (χ3n) is 4.35. The van der Waals surface area contributed by atoms with Gasteiger partial charge in [0.1, 0.15) is 0 Å². The van der Waals surface area contributed by atoms with Crippen molar-refractivity contribution < 1.29 is 0 Å². The Bertz CT molecular complexity index is 358. The van der Waals surface area contributed by atoms with Gasteiger partial charge in [-0.1, -0.05) is 18.9 Å². The van der Waals surface area contributed by atoms with Crippen LogP contribution < -0.4 is 5.73 Å². The summed E-state index contributed by atoms with van der Waals surface area (Å²) in [5.74, 6) is 1.86. The molecule has 1 aromatic heterocycles. The Hall–Kier alpha value is -0.890. The highest BCUT2D eigenvalue weighted by molar-refractivity contribution is 5.21. The van der Waals surface area contributed by atoms with E-state index in [2.05, 4.69) is 11.1 Å². The predicted molar refractivity (Wildman–Crippen MR) is 64.8 cm³/mol. The van der Waals surface area contributed by atoms with E-state index in [1.54, 1.807) is 0 Å². The second-order valence-electron chi connectivity index (χ2n) is 5.59. The molecule has 3 rings (SSSR count). The quantitative estimate of drug-likeness (QED) is 0.825. The molecule has 2 atom stereocenters. The van der Waals surface area contributed by atoms with Crippen molar-refractivity contribution >= 4 is 0 Å². The number of nitrogens with zero attached hydrogens (tertiary/aromatic N) is 1. The Balaban J connectivity index is 1.81. The van der Waals surface area contributed by atoms with E-state index in [-0.39, 0.29) is 5.54 Å². The molecule has 2 fully saturated rings. The summed E-state index contributed by atoms with van der Waals surface area (Å²) in [5, 5.41) is 0. The largest absolute Gasteiger partial charge is 0.321 e. The van der Waals surface area contributed by atoms with E-state index in [4.69, 9.17) is 5.73 Å². The van der Waals surface area contributed by atoms with Crippen molar-refractivity contribution in [1.82, 2.24) is 4.98 Å². The van der Waals surface area contributed by atoms with Crippen LogP contribution in [0.3, 0.4) is 0 Å². The van der Waals surface area contributed by atoms with Gasteiger partial charge in [0, 0.05) is 17.9 Å². The smallest absolute Gasteiger partial charge is 0.0427 e. The highest BCUT2D eigenvalue weighted by atomic mass is 14.8.